The number of nitrogens with zero attached hydrogens (tertiary/aromatic N) is 1. The molecule has 0 saturated heterocycles. The van der Waals surface area contributed by atoms with Crippen LogP contribution in [0.15, 0.2) is 11.1 Å². The maximum atomic E-state index is 11.9. The molecule has 1 aromatic heterocycles. The molecule has 1 unspecified atom stereocenters. The summed E-state index contributed by atoms with van der Waals surface area (Å²) in [5.41, 5.74) is 5.96. The van der Waals surface area contributed by atoms with Crippen LogP contribution in [0.25, 0.3) is 0 Å². The van der Waals surface area contributed by atoms with Crippen LogP contribution in [-0.4, -0.2) is 31.2 Å². The maximum absolute atomic E-state index is 11.9. The molecule has 6 nitrogen and oxygen atoms in total. The summed E-state index contributed by atoms with van der Waals surface area (Å²) >= 11 is 0. The molecular weight excluding hydrogens is 228 g/mol. The Labute approximate surface area is 95.7 Å². The van der Waals surface area contributed by atoms with E-state index in [1.807, 2.05) is 6.92 Å². The fourth-order valence-corrected chi connectivity index (χ4v) is 2.93. The lowest BCUT2D eigenvalue weighted by Crippen LogP contribution is -2.36. The molecule has 0 radical (unpaired) electrons. The highest BCUT2D eigenvalue weighted by Crippen LogP contribution is 2.12. The normalized spacial score (nSPS) is 13.9. The molecule has 0 aromatic carbocycles. The molecule has 4 N–H and O–H groups in total. The molecule has 0 amide bonds. The van der Waals surface area contributed by atoms with Crippen molar-refractivity contribution in [2.45, 2.75) is 37.6 Å². The van der Waals surface area contributed by atoms with Crippen molar-refractivity contribution in [3.05, 3.63) is 11.9 Å². The van der Waals surface area contributed by atoms with Gasteiger partial charge in [0.15, 0.2) is 0 Å². The third-order valence-corrected chi connectivity index (χ3v) is 4.04. The molecule has 7 heteroatoms. The number of aromatic nitrogens is 2. The SMILES string of the molecule is CCC(CCN)NS(=O)(=O)c1cn[nH]c1C. The van der Waals surface area contributed by atoms with Crippen LogP contribution in [0.4, 0.5) is 0 Å². The Morgan fingerprint density at radius 2 is 2.31 bits per heavy atom. The lowest BCUT2D eigenvalue weighted by atomic mass is 10.2. The number of sulfonamides is 1. The second-order valence-electron chi connectivity index (χ2n) is 3.66. The van der Waals surface area contributed by atoms with Gasteiger partial charge in [-0.1, -0.05) is 6.92 Å². The number of hydrogen-bond acceptors (Lipinski definition) is 4. The zero-order valence-electron chi connectivity index (χ0n) is 9.53. The minimum absolute atomic E-state index is 0.121. The molecule has 92 valence electrons. The largest absolute Gasteiger partial charge is 0.330 e. The van der Waals surface area contributed by atoms with E-state index in [0.717, 1.165) is 0 Å². The van der Waals surface area contributed by atoms with Crippen LogP contribution in [0.3, 0.4) is 0 Å². The highest BCUT2D eigenvalue weighted by molar-refractivity contribution is 7.89. The van der Waals surface area contributed by atoms with Crippen LogP contribution < -0.4 is 10.5 Å². The summed E-state index contributed by atoms with van der Waals surface area (Å²) in [4.78, 5) is 0.197. The summed E-state index contributed by atoms with van der Waals surface area (Å²) in [6.07, 6.45) is 2.66. The minimum atomic E-state index is -3.48. The van der Waals surface area contributed by atoms with E-state index in [1.165, 1.54) is 6.20 Å². The number of H-pyrrole nitrogens is 1. The van der Waals surface area contributed by atoms with Crippen LogP contribution in [0, 0.1) is 6.92 Å². The predicted octanol–water partition coefficient (Wildman–Crippen LogP) is 0.124. The Kier molecular flexibility index (Phi) is 4.45. The van der Waals surface area contributed by atoms with Gasteiger partial charge in [-0.15, -0.1) is 0 Å². The topological polar surface area (TPSA) is 101 Å². The van der Waals surface area contributed by atoms with E-state index in [9.17, 15) is 8.42 Å². The van der Waals surface area contributed by atoms with Gasteiger partial charge >= 0.3 is 0 Å². The monoisotopic (exact) mass is 246 g/mol. The first-order valence-electron chi connectivity index (χ1n) is 5.23. The zero-order valence-corrected chi connectivity index (χ0v) is 10.3. The van der Waals surface area contributed by atoms with Crippen LogP contribution in [0.5, 0.6) is 0 Å². The summed E-state index contributed by atoms with van der Waals surface area (Å²) < 4.78 is 26.5. The molecule has 0 aliphatic heterocycles. The van der Waals surface area contributed by atoms with Crippen molar-refractivity contribution >= 4 is 10.0 Å². The van der Waals surface area contributed by atoms with Gasteiger partial charge in [0.25, 0.3) is 0 Å². The van der Waals surface area contributed by atoms with Gasteiger partial charge in [-0.05, 0) is 26.3 Å². The highest BCUT2D eigenvalue weighted by atomic mass is 32.2. The van der Waals surface area contributed by atoms with Gasteiger partial charge in [-0.2, -0.15) is 5.10 Å². The van der Waals surface area contributed by atoms with Crippen molar-refractivity contribution < 1.29 is 8.42 Å². The molecule has 1 heterocycles. The maximum Gasteiger partial charge on any atom is 0.244 e. The van der Waals surface area contributed by atoms with E-state index in [4.69, 9.17) is 5.73 Å². The Morgan fingerprint density at radius 3 is 2.75 bits per heavy atom. The van der Waals surface area contributed by atoms with E-state index >= 15 is 0 Å². The van der Waals surface area contributed by atoms with Crippen LogP contribution >= 0.6 is 0 Å². The van der Waals surface area contributed by atoms with Crippen LogP contribution in [-0.2, 0) is 10.0 Å². The van der Waals surface area contributed by atoms with Crippen LogP contribution in [0.2, 0.25) is 0 Å². The van der Waals surface area contributed by atoms with Crippen molar-refractivity contribution in [2.24, 2.45) is 5.73 Å². The van der Waals surface area contributed by atoms with E-state index in [0.29, 0.717) is 25.1 Å². The molecule has 0 fully saturated rings. The first kappa shape index (κ1) is 13.1. The minimum Gasteiger partial charge on any atom is -0.330 e. The predicted molar refractivity (Wildman–Crippen MR) is 61.4 cm³/mol. The summed E-state index contributed by atoms with van der Waals surface area (Å²) in [6.45, 7) is 4.06. The number of rotatable bonds is 6. The highest BCUT2D eigenvalue weighted by Gasteiger charge is 2.21. The number of aryl methyl sites for hydroxylation is 1. The number of nitrogens with one attached hydrogen (secondary N) is 2. The Bertz CT molecular complexity index is 426. The van der Waals surface area contributed by atoms with Gasteiger partial charge in [-0.3, -0.25) is 5.10 Å². The molecule has 0 aliphatic rings. The van der Waals surface area contributed by atoms with Crippen molar-refractivity contribution in [3.8, 4) is 0 Å². The number of hydrogen-bond donors (Lipinski definition) is 3. The standard InChI is InChI=1S/C9H18N4O2S/c1-3-8(4-5-10)13-16(14,15)9-6-11-12-7(9)2/h6,8,13H,3-5,10H2,1-2H3,(H,11,12). The fourth-order valence-electron chi connectivity index (χ4n) is 1.44. The van der Waals surface area contributed by atoms with E-state index in [1.54, 1.807) is 6.92 Å². The van der Waals surface area contributed by atoms with Crippen molar-refractivity contribution in [1.29, 1.82) is 0 Å². The third kappa shape index (κ3) is 3.03. The van der Waals surface area contributed by atoms with E-state index in [2.05, 4.69) is 14.9 Å². The second kappa shape index (κ2) is 5.42. The average Bonchev–Trinajstić information content (AvgIpc) is 2.64. The summed E-state index contributed by atoms with van der Waals surface area (Å²) in [5, 5.41) is 6.30. The summed E-state index contributed by atoms with van der Waals surface area (Å²) in [7, 11) is -3.48. The molecule has 16 heavy (non-hydrogen) atoms. The molecule has 0 bridgehead atoms. The number of nitrogens with two attached hydrogens (primary N) is 1. The fraction of sp³-hybridized carbons (Fsp3) is 0.667. The quantitative estimate of drug-likeness (QED) is 0.663. The molecule has 0 saturated carbocycles. The molecule has 0 aliphatic carbocycles. The van der Waals surface area contributed by atoms with E-state index in [-0.39, 0.29) is 10.9 Å². The van der Waals surface area contributed by atoms with Crippen LogP contribution in [0.1, 0.15) is 25.5 Å². The van der Waals surface area contributed by atoms with Gasteiger partial charge in [0, 0.05) is 6.04 Å². The van der Waals surface area contributed by atoms with E-state index < -0.39 is 10.0 Å². The lowest BCUT2D eigenvalue weighted by molar-refractivity contribution is 0.520. The Hall–Kier alpha value is -0.920. The van der Waals surface area contributed by atoms with Crippen molar-refractivity contribution in [3.63, 3.8) is 0 Å². The molecule has 1 rings (SSSR count). The van der Waals surface area contributed by atoms with Gasteiger partial charge in [-0.25, -0.2) is 13.1 Å². The second-order valence-corrected chi connectivity index (χ2v) is 5.35. The molecular formula is C9H18N4O2S. The third-order valence-electron chi connectivity index (χ3n) is 2.40. The van der Waals surface area contributed by atoms with Gasteiger partial charge in [0.05, 0.1) is 11.9 Å². The van der Waals surface area contributed by atoms with Crippen molar-refractivity contribution in [2.75, 3.05) is 6.54 Å². The lowest BCUT2D eigenvalue weighted by Gasteiger charge is -2.15. The first-order valence-corrected chi connectivity index (χ1v) is 6.72. The average molecular weight is 246 g/mol. The summed E-state index contributed by atoms with van der Waals surface area (Å²) in [5.74, 6) is 0. The molecule has 1 atom stereocenters. The zero-order chi connectivity index (χ0) is 12.2. The molecule has 1 aromatic rings. The molecule has 0 spiro atoms. The van der Waals surface area contributed by atoms with Crippen molar-refractivity contribution in [1.82, 2.24) is 14.9 Å². The Morgan fingerprint density at radius 1 is 1.62 bits per heavy atom. The Balaban J connectivity index is 2.83. The first-order chi connectivity index (χ1) is 7.51. The van der Waals surface area contributed by atoms with Gasteiger partial charge < -0.3 is 5.73 Å². The number of aromatic amines is 1. The van der Waals surface area contributed by atoms with Gasteiger partial charge in [0.1, 0.15) is 4.90 Å². The smallest absolute Gasteiger partial charge is 0.244 e. The van der Waals surface area contributed by atoms with Gasteiger partial charge in [0.2, 0.25) is 10.0 Å². The summed E-state index contributed by atoms with van der Waals surface area (Å²) in [6, 6.07) is -0.121.